The van der Waals surface area contributed by atoms with Crippen molar-refractivity contribution in [3.05, 3.63) is 72.8 Å². The van der Waals surface area contributed by atoms with Crippen LogP contribution in [0.25, 0.3) is 43.1 Å². The van der Waals surface area contributed by atoms with Crippen LogP contribution in [0.3, 0.4) is 0 Å². The van der Waals surface area contributed by atoms with E-state index in [0.29, 0.717) is 0 Å². The van der Waals surface area contributed by atoms with E-state index in [4.69, 9.17) is 13.0 Å². The largest absolute Gasteiger partial charge is 0.735 e. The maximum absolute atomic E-state index is 8.84. The molecule has 0 aliphatic rings. The van der Waals surface area contributed by atoms with Crippen molar-refractivity contribution in [2.24, 2.45) is 0 Å². The van der Waals surface area contributed by atoms with Crippen LogP contribution < -0.4 is 0 Å². The van der Waals surface area contributed by atoms with E-state index < -0.39 is 9.33 Å². The molecule has 0 unspecified atom stereocenters. The molecule has 5 rings (SSSR count). The Bertz CT molecular complexity index is 1150. The van der Waals surface area contributed by atoms with Crippen molar-refractivity contribution in [1.82, 2.24) is 0 Å². The maximum Gasteiger partial charge on any atom is 0.181 e. The maximum atomic E-state index is 8.84. The molecule has 0 saturated heterocycles. The average molecular weight is 368 g/mol. The SMILES string of the molecule is O=S(=O)([O-])Cl.c1cc2cccc3c4cccc5cccc(c(c1)c23)c54. The minimum absolute atomic E-state index is 1.33. The van der Waals surface area contributed by atoms with E-state index in [2.05, 4.69) is 83.5 Å². The fourth-order valence-electron chi connectivity index (χ4n) is 3.58. The molecule has 5 aromatic carbocycles. The van der Waals surface area contributed by atoms with Crippen LogP contribution in [0.15, 0.2) is 72.8 Å². The minimum Gasteiger partial charge on any atom is -0.735 e. The van der Waals surface area contributed by atoms with Crippen molar-refractivity contribution in [3.63, 3.8) is 0 Å². The van der Waals surface area contributed by atoms with Crippen LogP contribution in [0.4, 0.5) is 0 Å². The van der Waals surface area contributed by atoms with Gasteiger partial charge in [-0.2, -0.15) is 0 Å². The zero-order valence-corrected chi connectivity index (χ0v) is 14.5. The lowest BCUT2D eigenvalue weighted by atomic mass is 9.90. The molecule has 0 fully saturated rings. The van der Waals surface area contributed by atoms with Gasteiger partial charge >= 0.3 is 0 Å². The molecular weight excluding hydrogens is 356 g/mol. The number of halogens is 1. The first kappa shape index (κ1) is 16.1. The van der Waals surface area contributed by atoms with Crippen molar-refractivity contribution >= 4 is 63.1 Å². The Morgan fingerprint density at radius 1 is 0.600 bits per heavy atom. The van der Waals surface area contributed by atoms with E-state index in [1.54, 1.807) is 0 Å². The fraction of sp³-hybridized carbons (Fsp3) is 0. The van der Waals surface area contributed by atoms with Crippen LogP contribution >= 0.6 is 10.7 Å². The van der Waals surface area contributed by atoms with Crippen molar-refractivity contribution in [2.75, 3.05) is 0 Å². The molecule has 0 heterocycles. The second-order valence-corrected chi connectivity index (χ2v) is 7.73. The van der Waals surface area contributed by atoms with Gasteiger partial charge in [-0.15, -0.1) is 0 Å². The topological polar surface area (TPSA) is 57.2 Å². The molecule has 0 radical (unpaired) electrons. The number of hydrogen-bond donors (Lipinski definition) is 0. The second-order valence-electron chi connectivity index (χ2n) is 5.81. The highest BCUT2D eigenvalue weighted by Crippen LogP contribution is 2.39. The summed E-state index contributed by atoms with van der Waals surface area (Å²) < 4.78 is 26.5. The predicted molar refractivity (Wildman–Crippen MR) is 103 cm³/mol. The Balaban J connectivity index is 0.000000280. The zero-order valence-electron chi connectivity index (χ0n) is 12.9. The van der Waals surface area contributed by atoms with Crippen molar-refractivity contribution in [3.8, 4) is 0 Å². The molecule has 0 aromatic heterocycles. The number of fused-ring (bicyclic) bond motifs is 2. The van der Waals surface area contributed by atoms with Gasteiger partial charge in [-0.1, -0.05) is 72.8 Å². The lowest BCUT2D eigenvalue weighted by Crippen LogP contribution is -1.85. The van der Waals surface area contributed by atoms with E-state index in [0.717, 1.165) is 0 Å². The molecule has 0 aliphatic carbocycles. The van der Waals surface area contributed by atoms with E-state index in [1.165, 1.54) is 43.1 Å². The highest BCUT2D eigenvalue weighted by molar-refractivity contribution is 8.09. The van der Waals surface area contributed by atoms with E-state index in [-0.39, 0.29) is 0 Å². The Kier molecular flexibility index (Phi) is 3.76. The van der Waals surface area contributed by atoms with Crippen molar-refractivity contribution in [1.29, 1.82) is 0 Å². The molecule has 0 atom stereocenters. The van der Waals surface area contributed by atoms with E-state index in [9.17, 15) is 0 Å². The summed E-state index contributed by atoms with van der Waals surface area (Å²) in [6.07, 6.45) is 0. The molecule has 5 heteroatoms. The summed E-state index contributed by atoms with van der Waals surface area (Å²) in [5.74, 6) is 0. The van der Waals surface area contributed by atoms with Crippen LogP contribution in [-0.2, 0) is 9.33 Å². The zero-order chi connectivity index (χ0) is 17.6. The number of benzene rings is 5. The fourth-order valence-corrected chi connectivity index (χ4v) is 3.58. The molecule has 0 amide bonds. The Morgan fingerprint density at radius 2 is 0.840 bits per heavy atom. The summed E-state index contributed by atoms with van der Waals surface area (Å²) in [6.45, 7) is 0. The van der Waals surface area contributed by atoms with Crippen LogP contribution in [0.2, 0.25) is 0 Å². The van der Waals surface area contributed by atoms with Crippen LogP contribution in [0.1, 0.15) is 0 Å². The van der Waals surface area contributed by atoms with Crippen LogP contribution in [-0.4, -0.2) is 13.0 Å². The summed E-state index contributed by atoms with van der Waals surface area (Å²) in [5, 5.41) is 10.9. The predicted octanol–water partition coefficient (Wildman–Crippen LogP) is 5.42. The molecule has 0 saturated carbocycles. The highest BCUT2D eigenvalue weighted by atomic mass is 35.7. The van der Waals surface area contributed by atoms with Gasteiger partial charge in [0.2, 0.25) is 0 Å². The van der Waals surface area contributed by atoms with E-state index >= 15 is 0 Å². The molecule has 25 heavy (non-hydrogen) atoms. The van der Waals surface area contributed by atoms with E-state index in [1.807, 2.05) is 0 Å². The second kappa shape index (κ2) is 5.85. The first-order valence-corrected chi connectivity index (χ1v) is 9.86. The summed E-state index contributed by atoms with van der Waals surface area (Å²) in [6, 6.07) is 26.4. The normalized spacial score (nSPS) is 11.9. The smallest absolute Gasteiger partial charge is 0.181 e. The monoisotopic (exact) mass is 367 g/mol. The average Bonchev–Trinajstić information content (AvgIpc) is 2.58. The van der Waals surface area contributed by atoms with Gasteiger partial charge in [0.1, 0.15) is 0 Å². The quantitative estimate of drug-likeness (QED) is 0.159. The minimum atomic E-state index is -4.44. The summed E-state index contributed by atoms with van der Waals surface area (Å²) in [4.78, 5) is 0. The Morgan fingerprint density at radius 3 is 1.08 bits per heavy atom. The number of hydrogen-bond acceptors (Lipinski definition) is 3. The molecule has 0 N–H and O–H groups in total. The van der Waals surface area contributed by atoms with Gasteiger partial charge in [0.15, 0.2) is 9.33 Å². The van der Waals surface area contributed by atoms with Gasteiger partial charge in [-0.05, 0) is 43.1 Å². The van der Waals surface area contributed by atoms with Crippen LogP contribution in [0.5, 0.6) is 0 Å². The molecule has 5 aromatic rings. The van der Waals surface area contributed by atoms with Gasteiger partial charge in [0.25, 0.3) is 0 Å². The lowest BCUT2D eigenvalue weighted by Gasteiger charge is -2.13. The molecule has 0 bridgehead atoms. The first-order valence-electron chi connectivity index (χ1n) is 7.63. The lowest BCUT2D eigenvalue weighted by molar-refractivity contribution is 0.481. The highest BCUT2D eigenvalue weighted by Gasteiger charge is 2.11. The molecule has 0 spiro atoms. The van der Waals surface area contributed by atoms with Gasteiger partial charge in [-0.25, -0.2) is 8.42 Å². The van der Waals surface area contributed by atoms with Gasteiger partial charge in [0, 0.05) is 10.7 Å². The first-order chi connectivity index (χ1) is 11.9. The van der Waals surface area contributed by atoms with Crippen molar-refractivity contribution in [2.45, 2.75) is 0 Å². The standard InChI is InChI=1S/C20H12.ClHO3S/c1-5-13-6-2-11-17-18-12-4-8-14-7-3-10-16(20(14)18)15(9-1)19(13)17;1-5(2,3)4/h1-12H;(H,2,3,4)/p-1. The summed E-state index contributed by atoms with van der Waals surface area (Å²) >= 11 is 0. The summed E-state index contributed by atoms with van der Waals surface area (Å²) in [5.41, 5.74) is 0. The summed E-state index contributed by atoms with van der Waals surface area (Å²) in [7, 11) is -0.498. The van der Waals surface area contributed by atoms with Gasteiger partial charge in [0.05, 0.1) is 0 Å². The molecule has 3 nitrogen and oxygen atoms in total. The number of rotatable bonds is 0. The van der Waals surface area contributed by atoms with Crippen LogP contribution in [0, 0.1) is 0 Å². The Labute approximate surface area is 149 Å². The third-order valence-electron chi connectivity index (χ3n) is 4.39. The van der Waals surface area contributed by atoms with Crippen molar-refractivity contribution < 1.29 is 13.0 Å². The van der Waals surface area contributed by atoms with Gasteiger partial charge in [-0.3, -0.25) is 0 Å². The van der Waals surface area contributed by atoms with Gasteiger partial charge < -0.3 is 4.55 Å². The Hall–Kier alpha value is -2.40. The molecule has 124 valence electrons. The third-order valence-corrected chi connectivity index (χ3v) is 4.39. The third kappa shape index (κ3) is 2.89. The molecule has 0 aliphatic heterocycles. The molecular formula is C20H12ClO3S-.